The zero-order valence-corrected chi connectivity index (χ0v) is 9.96. The largest absolute Gasteiger partial charge is 0.478 e. The molecule has 0 aliphatic heterocycles. The highest BCUT2D eigenvalue weighted by atomic mass is 16.5. The molecule has 2 aromatic rings. The summed E-state index contributed by atoms with van der Waals surface area (Å²) in [6, 6.07) is 8.97. The molecule has 1 heterocycles. The number of rotatable bonds is 4. The van der Waals surface area contributed by atoms with E-state index >= 15 is 0 Å². The van der Waals surface area contributed by atoms with Gasteiger partial charge in [0.25, 0.3) is 0 Å². The molecule has 0 bridgehead atoms. The summed E-state index contributed by atoms with van der Waals surface area (Å²) in [7, 11) is 0. The van der Waals surface area contributed by atoms with Gasteiger partial charge >= 0.3 is 5.97 Å². The van der Waals surface area contributed by atoms with Gasteiger partial charge in [-0.15, -0.1) is 0 Å². The average Bonchev–Trinajstić information content (AvgIpc) is 2.39. The zero-order valence-electron chi connectivity index (χ0n) is 9.96. The lowest BCUT2D eigenvalue weighted by atomic mass is 10.1. The third-order valence-corrected chi connectivity index (χ3v) is 2.55. The molecule has 0 radical (unpaired) electrons. The lowest BCUT2D eigenvalue weighted by Gasteiger charge is -2.08. The van der Waals surface area contributed by atoms with Gasteiger partial charge in [-0.2, -0.15) is 0 Å². The summed E-state index contributed by atoms with van der Waals surface area (Å²) in [5, 5.41) is 9.04. The molecular weight excluding hydrogens is 230 g/mol. The summed E-state index contributed by atoms with van der Waals surface area (Å²) in [4.78, 5) is 14.9. The Balaban J connectivity index is 2.31. The number of nitrogens with zero attached hydrogens (tertiary/aromatic N) is 1. The molecule has 92 valence electrons. The van der Waals surface area contributed by atoms with E-state index in [0.29, 0.717) is 5.75 Å². The van der Waals surface area contributed by atoms with Crippen molar-refractivity contribution in [2.45, 2.75) is 13.3 Å². The van der Waals surface area contributed by atoms with Crippen LogP contribution in [-0.4, -0.2) is 16.1 Å². The quantitative estimate of drug-likeness (QED) is 0.896. The Morgan fingerprint density at radius 2 is 2.22 bits per heavy atom. The molecule has 0 unspecified atom stereocenters. The van der Waals surface area contributed by atoms with E-state index in [1.807, 2.05) is 25.1 Å². The highest BCUT2D eigenvalue weighted by Gasteiger charge is 2.11. The average molecular weight is 243 g/mol. The van der Waals surface area contributed by atoms with Crippen molar-refractivity contribution in [2.24, 2.45) is 0 Å². The molecule has 0 atom stereocenters. The van der Waals surface area contributed by atoms with E-state index in [9.17, 15) is 4.79 Å². The van der Waals surface area contributed by atoms with E-state index < -0.39 is 5.97 Å². The van der Waals surface area contributed by atoms with Crippen molar-refractivity contribution in [3.05, 3.63) is 53.9 Å². The highest BCUT2D eigenvalue weighted by Crippen LogP contribution is 2.25. The van der Waals surface area contributed by atoms with Crippen LogP contribution in [0.25, 0.3) is 0 Å². The maximum absolute atomic E-state index is 11.0. The summed E-state index contributed by atoms with van der Waals surface area (Å²) in [6.07, 6.45) is 3.73. The van der Waals surface area contributed by atoms with Crippen molar-refractivity contribution in [1.82, 2.24) is 4.98 Å². The van der Waals surface area contributed by atoms with Gasteiger partial charge in [0, 0.05) is 6.20 Å². The summed E-state index contributed by atoms with van der Waals surface area (Å²) in [5.74, 6) is -0.165. The van der Waals surface area contributed by atoms with E-state index in [0.717, 1.165) is 12.0 Å². The van der Waals surface area contributed by atoms with Gasteiger partial charge in [0.05, 0.1) is 6.20 Å². The van der Waals surface area contributed by atoms with E-state index in [1.165, 1.54) is 18.5 Å². The molecule has 0 amide bonds. The second-order valence-corrected chi connectivity index (χ2v) is 3.78. The van der Waals surface area contributed by atoms with Crippen LogP contribution in [0.1, 0.15) is 22.8 Å². The molecule has 0 aliphatic rings. The molecule has 1 aromatic carbocycles. The molecule has 2 rings (SSSR count). The number of benzene rings is 1. The molecule has 4 nitrogen and oxygen atoms in total. The molecular formula is C14H13NO3. The molecule has 0 spiro atoms. The number of pyridine rings is 1. The fourth-order valence-electron chi connectivity index (χ4n) is 1.59. The Morgan fingerprint density at radius 3 is 2.94 bits per heavy atom. The summed E-state index contributed by atoms with van der Waals surface area (Å²) >= 11 is 0. The van der Waals surface area contributed by atoms with Crippen molar-refractivity contribution in [1.29, 1.82) is 0 Å². The first kappa shape index (κ1) is 12.1. The Hall–Kier alpha value is -2.36. The predicted molar refractivity (Wildman–Crippen MR) is 67.1 cm³/mol. The molecule has 0 aliphatic carbocycles. The van der Waals surface area contributed by atoms with Crippen molar-refractivity contribution < 1.29 is 14.6 Å². The summed E-state index contributed by atoms with van der Waals surface area (Å²) in [5.41, 5.74) is 1.24. The number of aryl methyl sites for hydroxylation is 1. The van der Waals surface area contributed by atoms with E-state index in [1.54, 1.807) is 6.07 Å². The molecule has 1 aromatic heterocycles. The van der Waals surface area contributed by atoms with Crippen LogP contribution in [0.2, 0.25) is 0 Å². The Kier molecular flexibility index (Phi) is 3.57. The smallest absolute Gasteiger partial charge is 0.339 e. The van der Waals surface area contributed by atoms with Gasteiger partial charge in [-0.05, 0) is 30.2 Å². The lowest BCUT2D eigenvalue weighted by Crippen LogP contribution is -2.00. The SMILES string of the molecule is CCc1cccc(Oc2cnccc2C(=O)O)c1. The highest BCUT2D eigenvalue weighted by molar-refractivity contribution is 5.90. The Bertz CT molecular complexity index is 566. The van der Waals surface area contributed by atoms with Crippen LogP contribution in [-0.2, 0) is 6.42 Å². The first-order valence-corrected chi connectivity index (χ1v) is 5.65. The van der Waals surface area contributed by atoms with Crippen LogP contribution < -0.4 is 4.74 Å². The standard InChI is InChI=1S/C14H13NO3/c1-2-10-4-3-5-11(8-10)18-13-9-15-7-6-12(13)14(16)17/h3-9H,2H2,1H3,(H,16,17). The minimum atomic E-state index is -1.03. The fraction of sp³-hybridized carbons (Fsp3) is 0.143. The van der Waals surface area contributed by atoms with Gasteiger partial charge in [0.2, 0.25) is 0 Å². The van der Waals surface area contributed by atoms with Crippen molar-refractivity contribution in [3.8, 4) is 11.5 Å². The topological polar surface area (TPSA) is 59.4 Å². The van der Waals surface area contributed by atoms with Crippen LogP contribution in [0.5, 0.6) is 11.5 Å². The number of hydrogen-bond acceptors (Lipinski definition) is 3. The van der Waals surface area contributed by atoms with Crippen LogP contribution in [0.15, 0.2) is 42.7 Å². The Labute approximate surface area is 105 Å². The number of aromatic nitrogens is 1. The maximum Gasteiger partial charge on any atom is 0.339 e. The van der Waals surface area contributed by atoms with E-state index in [4.69, 9.17) is 9.84 Å². The van der Waals surface area contributed by atoms with Crippen LogP contribution in [0.3, 0.4) is 0 Å². The first-order chi connectivity index (χ1) is 8.70. The van der Waals surface area contributed by atoms with E-state index in [-0.39, 0.29) is 11.3 Å². The molecule has 18 heavy (non-hydrogen) atoms. The van der Waals surface area contributed by atoms with Crippen molar-refractivity contribution >= 4 is 5.97 Å². The van der Waals surface area contributed by atoms with Gasteiger partial charge in [0.15, 0.2) is 5.75 Å². The van der Waals surface area contributed by atoms with Gasteiger partial charge in [0.1, 0.15) is 11.3 Å². The molecule has 1 N–H and O–H groups in total. The lowest BCUT2D eigenvalue weighted by molar-refractivity contribution is 0.0694. The van der Waals surface area contributed by atoms with Gasteiger partial charge in [-0.25, -0.2) is 4.79 Å². The molecule has 0 saturated heterocycles. The van der Waals surface area contributed by atoms with Crippen molar-refractivity contribution in [3.63, 3.8) is 0 Å². The monoisotopic (exact) mass is 243 g/mol. The molecule has 0 fully saturated rings. The predicted octanol–water partition coefficient (Wildman–Crippen LogP) is 3.13. The Morgan fingerprint density at radius 1 is 1.39 bits per heavy atom. The van der Waals surface area contributed by atoms with Crippen LogP contribution >= 0.6 is 0 Å². The van der Waals surface area contributed by atoms with Crippen molar-refractivity contribution in [2.75, 3.05) is 0 Å². The second-order valence-electron chi connectivity index (χ2n) is 3.78. The third kappa shape index (κ3) is 2.66. The normalized spacial score (nSPS) is 10.1. The zero-order chi connectivity index (χ0) is 13.0. The number of ether oxygens (including phenoxy) is 1. The van der Waals surface area contributed by atoms with E-state index in [2.05, 4.69) is 4.98 Å². The number of carbonyl (C=O) groups is 1. The first-order valence-electron chi connectivity index (χ1n) is 5.65. The summed E-state index contributed by atoms with van der Waals surface area (Å²) in [6.45, 7) is 2.05. The second kappa shape index (κ2) is 5.31. The third-order valence-electron chi connectivity index (χ3n) is 2.55. The number of carboxylic acid groups (broad SMARTS) is 1. The fourth-order valence-corrected chi connectivity index (χ4v) is 1.59. The van der Waals surface area contributed by atoms with Crippen LogP contribution in [0, 0.1) is 0 Å². The van der Waals surface area contributed by atoms with Crippen LogP contribution in [0.4, 0.5) is 0 Å². The minimum Gasteiger partial charge on any atom is -0.478 e. The molecule has 4 heteroatoms. The van der Waals surface area contributed by atoms with Gasteiger partial charge in [-0.1, -0.05) is 19.1 Å². The maximum atomic E-state index is 11.0. The number of hydrogen-bond donors (Lipinski definition) is 1. The minimum absolute atomic E-state index is 0.104. The summed E-state index contributed by atoms with van der Waals surface area (Å²) < 4.78 is 5.57. The van der Waals surface area contributed by atoms with Gasteiger partial charge < -0.3 is 9.84 Å². The van der Waals surface area contributed by atoms with Gasteiger partial charge in [-0.3, -0.25) is 4.98 Å². The number of aromatic carboxylic acids is 1. The molecule has 0 saturated carbocycles. The number of carboxylic acids is 1.